The smallest absolute Gasteiger partial charge is 0.405 e. The highest BCUT2D eigenvalue weighted by Crippen LogP contribution is 2.44. The van der Waals surface area contributed by atoms with Crippen molar-refractivity contribution in [3.8, 4) is 22.8 Å². The van der Waals surface area contributed by atoms with E-state index < -0.39 is 6.09 Å². The molecule has 6 heteroatoms. The molecule has 6 nitrogen and oxygen atoms in total. The van der Waals surface area contributed by atoms with Gasteiger partial charge in [0.05, 0.1) is 19.3 Å². The van der Waals surface area contributed by atoms with Gasteiger partial charge in [0, 0.05) is 28.8 Å². The summed E-state index contributed by atoms with van der Waals surface area (Å²) in [5.74, 6) is 2.05. The second-order valence-electron chi connectivity index (χ2n) is 8.05. The standard InChI is InChI=1S/C21H24N2O4/c1-21(2)12-27-17-9-14(5-7-16(17)19(21)23-20(24)25)15-6-8-18(22-10-15)26-11-13-3-4-13/h5-10,13,19,23H,3-4,11-12H2,1-2H3,(H,24,25). The molecule has 1 unspecified atom stereocenters. The number of benzene rings is 1. The quantitative estimate of drug-likeness (QED) is 0.824. The average molecular weight is 368 g/mol. The van der Waals surface area contributed by atoms with Crippen LogP contribution in [-0.4, -0.2) is 29.4 Å². The number of hydrogen-bond donors (Lipinski definition) is 2. The number of carboxylic acid groups (broad SMARTS) is 1. The van der Waals surface area contributed by atoms with E-state index in [0.717, 1.165) is 23.3 Å². The lowest BCUT2D eigenvalue weighted by atomic mass is 9.78. The van der Waals surface area contributed by atoms with Gasteiger partial charge in [0.25, 0.3) is 0 Å². The first-order valence-corrected chi connectivity index (χ1v) is 9.28. The molecule has 0 spiro atoms. The number of hydrogen-bond acceptors (Lipinski definition) is 4. The Bertz CT molecular complexity index is 844. The number of amides is 1. The van der Waals surface area contributed by atoms with Crippen LogP contribution in [0.5, 0.6) is 11.6 Å². The molecule has 2 aromatic rings. The lowest BCUT2D eigenvalue weighted by Crippen LogP contribution is -2.43. The van der Waals surface area contributed by atoms with Crippen molar-refractivity contribution in [3.05, 3.63) is 42.1 Å². The molecule has 4 rings (SSSR count). The van der Waals surface area contributed by atoms with E-state index in [0.29, 0.717) is 24.2 Å². The lowest BCUT2D eigenvalue weighted by molar-refractivity contribution is 0.0996. The van der Waals surface area contributed by atoms with Crippen molar-refractivity contribution >= 4 is 6.09 Å². The van der Waals surface area contributed by atoms with E-state index in [1.165, 1.54) is 12.8 Å². The molecule has 1 atom stereocenters. The molecule has 27 heavy (non-hydrogen) atoms. The fourth-order valence-electron chi connectivity index (χ4n) is 3.37. The molecule has 2 N–H and O–H groups in total. The molecule has 0 bridgehead atoms. The summed E-state index contributed by atoms with van der Waals surface area (Å²) in [5.41, 5.74) is 2.47. The van der Waals surface area contributed by atoms with Gasteiger partial charge >= 0.3 is 6.09 Å². The molecule has 1 aromatic carbocycles. The van der Waals surface area contributed by atoms with Crippen LogP contribution in [0.4, 0.5) is 4.79 Å². The third-order valence-corrected chi connectivity index (χ3v) is 5.21. The molecule has 1 aliphatic heterocycles. The molecule has 0 radical (unpaired) electrons. The van der Waals surface area contributed by atoms with Gasteiger partial charge in [0.15, 0.2) is 0 Å². The second-order valence-corrected chi connectivity index (χ2v) is 8.05. The van der Waals surface area contributed by atoms with Crippen molar-refractivity contribution in [1.29, 1.82) is 0 Å². The second kappa shape index (κ2) is 6.76. The molecule has 1 amide bonds. The molecule has 1 fully saturated rings. The third-order valence-electron chi connectivity index (χ3n) is 5.21. The third kappa shape index (κ3) is 3.84. The largest absolute Gasteiger partial charge is 0.493 e. The highest BCUT2D eigenvalue weighted by Gasteiger charge is 2.38. The van der Waals surface area contributed by atoms with Gasteiger partial charge < -0.3 is 19.9 Å². The first-order valence-electron chi connectivity index (χ1n) is 9.28. The van der Waals surface area contributed by atoms with Crippen LogP contribution < -0.4 is 14.8 Å². The molecule has 1 saturated carbocycles. The predicted molar refractivity (Wildman–Crippen MR) is 101 cm³/mol. The van der Waals surface area contributed by atoms with E-state index in [1.807, 2.05) is 44.2 Å². The SMILES string of the molecule is CC1(C)COc2cc(-c3ccc(OCC4CC4)nc3)ccc2C1NC(=O)O. The van der Waals surface area contributed by atoms with E-state index in [4.69, 9.17) is 9.47 Å². The average Bonchev–Trinajstić information content (AvgIpc) is 3.47. The fourth-order valence-corrected chi connectivity index (χ4v) is 3.37. The van der Waals surface area contributed by atoms with Crippen LogP contribution in [0.3, 0.4) is 0 Å². The minimum atomic E-state index is -1.03. The van der Waals surface area contributed by atoms with Crippen molar-refractivity contribution in [1.82, 2.24) is 10.3 Å². The van der Waals surface area contributed by atoms with Crippen molar-refractivity contribution in [2.45, 2.75) is 32.7 Å². The van der Waals surface area contributed by atoms with Crippen molar-refractivity contribution < 1.29 is 19.4 Å². The van der Waals surface area contributed by atoms with Gasteiger partial charge in [0.1, 0.15) is 5.75 Å². The summed E-state index contributed by atoms with van der Waals surface area (Å²) in [6.07, 6.45) is 3.27. The van der Waals surface area contributed by atoms with Crippen LogP contribution in [0, 0.1) is 11.3 Å². The van der Waals surface area contributed by atoms with E-state index in [1.54, 1.807) is 6.20 Å². The zero-order chi connectivity index (χ0) is 19.0. The molecular formula is C21H24N2O4. The van der Waals surface area contributed by atoms with Gasteiger partial charge in [-0.3, -0.25) is 0 Å². The highest BCUT2D eigenvalue weighted by molar-refractivity contribution is 5.68. The van der Waals surface area contributed by atoms with Crippen LogP contribution in [0.25, 0.3) is 11.1 Å². The van der Waals surface area contributed by atoms with Crippen LogP contribution in [0.2, 0.25) is 0 Å². The first kappa shape index (κ1) is 17.6. The Kier molecular flexibility index (Phi) is 4.42. The van der Waals surface area contributed by atoms with Crippen molar-refractivity contribution in [2.24, 2.45) is 11.3 Å². The maximum absolute atomic E-state index is 11.2. The van der Waals surface area contributed by atoms with E-state index in [9.17, 15) is 9.90 Å². The van der Waals surface area contributed by atoms with Gasteiger partial charge in [0.2, 0.25) is 5.88 Å². The number of rotatable bonds is 5. The normalized spacial score (nSPS) is 20.3. The molecule has 0 saturated heterocycles. The minimum Gasteiger partial charge on any atom is -0.493 e. The number of carbonyl (C=O) groups is 1. The zero-order valence-electron chi connectivity index (χ0n) is 15.6. The van der Waals surface area contributed by atoms with Gasteiger partial charge in [-0.2, -0.15) is 0 Å². The summed E-state index contributed by atoms with van der Waals surface area (Å²) in [5, 5.41) is 11.8. The molecule has 2 heterocycles. The summed E-state index contributed by atoms with van der Waals surface area (Å²) < 4.78 is 11.6. The van der Waals surface area contributed by atoms with Crippen molar-refractivity contribution in [3.63, 3.8) is 0 Å². The van der Waals surface area contributed by atoms with Crippen molar-refractivity contribution in [2.75, 3.05) is 13.2 Å². The molecule has 1 aliphatic carbocycles. The Balaban J connectivity index is 1.56. The van der Waals surface area contributed by atoms with E-state index in [2.05, 4.69) is 10.3 Å². The zero-order valence-corrected chi connectivity index (χ0v) is 15.6. The Morgan fingerprint density at radius 1 is 1.30 bits per heavy atom. The maximum Gasteiger partial charge on any atom is 0.405 e. The molecule has 142 valence electrons. The van der Waals surface area contributed by atoms with Crippen LogP contribution >= 0.6 is 0 Å². The molecular weight excluding hydrogens is 344 g/mol. The number of aromatic nitrogens is 1. The summed E-state index contributed by atoms with van der Waals surface area (Å²) in [6, 6.07) is 9.41. The Hall–Kier alpha value is -2.76. The number of ether oxygens (including phenoxy) is 2. The maximum atomic E-state index is 11.2. The number of pyridine rings is 1. The lowest BCUT2D eigenvalue weighted by Gasteiger charge is -2.39. The number of nitrogens with one attached hydrogen (secondary N) is 1. The minimum absolute atomic E-state index is 0.316. The molecule has 1 aromatic heterocycles. The van der Waals surface area contributed by atoms with Gasteiger partial charge in [-0.25, -0.2) is 9.78 Å². The summed E-state index contributed by atoms with van der Waals surface area (Å²) >= 11 is 0. The highest BCUT2D eigenvalue weighted by atomic mass is 16.5. The first-order chi connectivity index (χ1) is 12.9. The van der Waals surface area contributed by atoms with Crippen LogP contribution in [0.1, 0.15) is 38.3 Å². The fraction of sp³-hybridized carbons (Fsp3) is 0.429. The van der Waals surface area contributed by atoms with E-state index >= 15 is 0 Å². The number of nitrogens with zero attached hydrogens (tertiary/aromatic N) is 1. The Labute approximate surface area is 158 Å². The summed E-state index contributed by atoms with van der Waals surface area (Å²) in [6.45, 7) is 5.18. The van der Waals surface area contributed by atoms with Gasteiger partial charge in [-0.15, -0.1) is 0 Å². The topological polar surface area (TPSA) is 80.7 Å². The molecule has 2 aliphatic rings. The van der Waals surface area contributed by atoms with Crippen LogP contribution in [0.15, 0.2) is 36.5 Å². The predicted octanol–water partition coefficient (Wildman–Crippen LogP) is 4.26. The Morgan fingerprint density at radius 2 is 2.07 bits per heavy atom. The van der Waals surface area contributed by atoms with Gasteiger partial charge in [-0.05, 0) is 36.5 Å². The summed E-state index contributed by atoms with van der Waals surface area (Å²) in [4.78, 5) is 15.6. The summed E-state index contributed by atoms with van der Waals surface area (Å²) in [7, 11) is 0. The van der Waals surface area contributed by atoms with E-state index in [-0.39, 0.29) is 11.5 Å². The van der Waals surface area contributed by atoms with Gasteiger partial charge in [-0.1, -0.05) is 26.0 Å². The van der Waals surface area contributed by atoms with Crippen LogP contribution in [-0.2, 0) is 0 Å². The Morgan fingerprint density at radius 3 is 2.74 bits per heavy atom. The number of fused-ring (bicyclic) bond motifs is 1. The monoisotopic (exact) mass is 368 g/mol.